The molecule has 3 aromatic rings. The lowest BCUT2D eigenvalue weighted by Gasteiger charge is -2.09. The van der Waals surface area contributed by atoms with E-state index in [1.807, 2.05) is 57.3 Å². The Balaban J connectivity index is 1.56. The predicted molar refractivity (Wildman–Crippen MR) is 106 cm³/mol. The van der Waals surface area contributed by atoms with Crippen LogP contribution in [0.3, 0.4) is 0 Å². The summed E-state index contributed by atoms with van der Waals surface area (Å²) in [6.07, 6.45) is 0. The monoisotopic (exact) mass is 383 g/mol. The molecule has 2 aromatic carbocycles. The minimum Gasteiger partial charge on any atom is -0.487 e. The van der Waals surface area contributed by atoms with Gasteiger partial charge in [-0.15, -0.1) is 0 Å². The number of carbonyl (C=O) groups is 1. The molecule has 0 aliphatic heterocycles. The molecule has 0 unspecified atom stereocenters. The van der Waals surface area contributed by atoms with Crippen LogP contribution in [0.5, 0.6) is 5.75 Å². The number of nitrogens with zero attached hydrogens (tertiary/aromatic N) is 2. The third kappa shape index (κ3) is 4.89. The van der Waals surface area contributed by atoms with E-state index in [2.05, 4.69) is 10.4 Å². The number of carbonyl (C=O) groups excluding carboxylic acids is 1. The normalized spacial score (nSPS) is 10.7. The van der Waals surface area contributed by atoms with Crippen molar-refractivity contribution in [2.45, 2.75) is 27.0 Å². The van der Waals surface area contributed by atoms with Gasteiger partial charge in [-0.3, -0.25) is 9.48 Å². The first-order chi connectivity index (χ1) is 12.9. The van der Waals surface area contributed by atoms with Gasteiger partial charge in [0.2, 0.25) is 0 Å². The fraction of sp³-hybridized carbons (Fsp3) is 0.238. The number of hydrogen-bond donors (Lipinski definition) is 1. The number of rotatable bonds is 6. The molecule has 0 spiro atoms. The minimum absolute atomic E-state index is 0.132. The molecule has 0 saturated heterocycles. The third-order valence-electron chi connectivity index (χ3n) is 4.29. The Bertz CT molecular complexity index is 929. The summed E-state index contributed by atoms with van der Waals surface area (Å²) < 4.78 is 7.57. The van der Waals surface area contributed by atoms with Crippen molar-refractivity contribution in [2.75, 3.05) is 0 Å². The summed E-state index contributed by atoms with van der Waals surface area (Å²) in [5.41, 5.74) is 4.54. The lowest BCUT2D eigenvalue weighted by atomic mass is 10.1. The van der Waals surface area contributed by atoms with E-state index in [1.54, 1.807) is 16.8 Å². The van der Waals surface area contributed by atoms with E-state index in [9.17, 15) is 4.79 Å². The average molecular weight is 384 g/mol. The number of hydrogen-bond acceptors (Lipinski definition) is 3. The van der Waals surface area contributed by atoms with Crippen molar-refractivity contribution in [1.29, 1.82) is 0 Å². The van der Waals surface area contributed by atoms with Gasteiger partial charge in [-0.1, -0.05) is 29.8 Å². The second-order valence-corrected chi connectivity index (χ2v) is 6.91. The summed E-state index contributed by atoms with van der Waals surface area (Å²) in [4.78, 5) is 12.3. The Morgan fingerprint density at radius 1 is 1.15 bits per heavy atom. The lowest BCUT2D eigenvalue weighted by molar-refractivity contribution is 0.0950. The van der Waals surface area contributed by atoms with Crippen molar-refractivity contribution in [3.05, 3.63) is 81.6 Å². The maximum Gasteiger partial charge on any atom is 0.251 e. The van der Waals surface area contributed by atoms with Gasteiger partial charge < -0.3 is 10.1 Å². The van der Waals surface area contributed by atoms with E-state index in [0.29, 0.717) is 29.5 Å². The minimum atomic E-state index is -0.132. The van der Waals surface area contributed by atoms with Crippen molar-refractivity contribution in [3.8, 4) is 5.75 Å². The molecule has 1 heterocycles. The van der Waals surface area contributed by atoms with Gasteiger partial charge in [-0.05, 0) is 55.3 Å². The standard InChI is InChI=1S/C21H22ClN3O2/c1-14-4-9-19(22)20(10-14)27-13-16-5-7-17(8-6-16)21(26)23-12-18-11-15(2)25(3)24-18/h4-11H,12-13H2,1-3H3,(H,23,26). The van der Waals surface area contributed by atoms with Crippen molar-refractivity contribution in [2.24, 2.45) is 7.05 Å². The van der Waals surface area contributed by atoms with E-state index in [1.165, 1.54) is 0 Å². The van der Waals surface area contributed by atoms with Crippen LogP contribution in [0.2, 0.25) is 5.02 Å². The Hall–Kier alpha value is -2.79. The number of ether oxygens (including phenoxy) is 1. The summed E-state index contributed by atoms with van der Waals surface area (Å²) in [5.74, 6) is 0.525. The van der Waals surface area contributed by atoms with Gasteiger partial charge in [0.05, 0.1) is 17.3 Å². The van der Waals surface area contributed by atoms with Crippen LogP contribution in [-0.4, -0.2) is 15.7 Å². The van der Waals surface area contributed by atoms with E-state index in [-0.39, 0.29) is 5.91 Å². The molecule has 0 aliphatic rings. The fourth-order valence-corrected chi connectivity index (χ4v) is 2.80. The van der Waals surface area contributed by atoms with Gasteiger partial charge in [0.1, 0.15) is 12.4 Å². The fourth-order valence-electron chi connectivity index (χ4n) is 2.63. The first kappa shape index (κ1) is 19.0. The first-order valence-electron chi connectivity index (χ1n) is 8.68. The quantitative estimate of drug-likeness (QED) is 0.694. The van der Waals surface area contributed by atoms with Gasteiger partial charge in [0, 0.05) is 18.3 Å². The highest BCUT2D eigenvalue weighted by atomic mass is 35.5. The smallest absolute Gasteiger partial charge is 0.251 e. The highest BCUT2D eigenvalue weighted by Crippen LogP contribution is 2.26. The Kier molecular flexibility index (Phi) is 5.81. The van der Waals surface area contributed by atoms with Gasteiger partial charge in [0.25, 0.3) is 5.91 Å². The topological polar surface area (TPSA) is 56.1 Å². The third-order valence-corrected chi connectivity index (χ3v) is 4.60. The zero-order chi connectivity index (χ0) is 19.4. The van der Waals surface area contributed by atoms with E-state index >= 15 is 0 Å². The summed E-state index contributed by atoms with van der Waals surface area (Å²) in [6, 6.07) is 15.0. The molecule has 6 heteroatoms. The predicted octanol–water partition coefficient (Wildman–Crippen LogP) is 4.20. The van der Waals surface area contributed by atoms with Crippen LogP contribution >= 0.6 is 11.6 Å². The Morgan fingerprint density at radius 2 is 1.89 bits per heavy atom. The number of aromatic nitrogens is 2. The van der Waals surface area contributed by atoms with Crippen molar-refractivity contribution < 1.29 is 9.53 Å². The molecule has 1 amide bonds. The molecule has 0 bridgehead atoms. The lowest BCUT2D eigenvalue weighted by Crippen LogP contribution is -2.23. The van der Waals surface area contributed by atoms with E-state index in [0.717, 1.165) is 22.5 Å². The summed E-state index contributed by atoms with van der Waals surface area (Å²) in [5, 5.41) is 7.80. The number of nitrogens with one attached hydrogen (secondary N) is 1. The van der Waals surface area contributed by atoms with Gasteiger partial charge >= 0.3 is 0 Å². The van der Waals surface area contributed by atoms with Crippen LogP contribution in [0.4, 0.5) is 0 Å². The summed E-state index contributed by atoms with van der Waals surface area (Å²) >= 11 is 6.14. The van der Waals surface area contributed by atoms with E-state index in [4.69, 9.17) is 16.3 Å². The number of amides is 1. The van der Waals surface area contributed by atoms with Crippen LogP contribution < -0.4 is 10.1 Å². The highest BCUT2D eigenvalue weighted by molar-refractivity contribution is 6.32. The highest BCUT2D eigenvalue weighted by Gasteiger charge is 2.08. The molecular formula is C21H22ClN3O2. The maximum atomic E-state index is 12.3. The molecule has 1 N–H and O–H groups in total. The molecule has 0 aliphatic carbocycles. The number of aryl methyl sites for hydroxylation is 3. The molecule has 0 radical (unpaired) electrons. The molecule has 0 saturated carbocycles. The maximum absolute atomic E-state index is 12.3. The Labute approximate surface area is 163 Å². The second-order valence-electron chi connectivity index (χ2n) is 6.50. The van der Waals surface area contributed by atoms with Gasteiger partial charge in [-0.25, -0.2) is 0 Å². The molecule has 0 atom stereocenters. The molecule has 5 nitrogen and oxygen atoms in total. The molecule has 27 heavy (non-hydrogen) atoms. The van der Waals surface area contributed by atoms with Crippen LogP contribution in [0.25, 0.3) is 0 Å². The molecule has 0 fully saturated rings. The van der Waals surface area contributed by atoms with Crippen LogP contribution in [0, 0.1) is 13.8 Å². The second kappa shape index (κ2) is 8.27. The number of halogens is 1. The zero-order valence-corrected chi connectivity index (χ0v) is 16.4. The van der Waals surface area contributed by atoms with Crippen LogP contribution in [-0.2, 0) is 20.2 Å². The van der Waals surface area contributed by atoms with Gasteiger partial charge in [0.15, 0.2) is 0 Å². The molecule has 3 rings (SSSR count). The van der Waals surface area contributed by atoms with Crippen LogP contribution in [0.15, 0.2) is 48.5 Å². The summed E-state index contributed by atoms with van der Waals surface area (Å²) in [7, 11) is 1.88. The largest absolute Gasteiger partial charge is 0.487 e. The molecule has 140 valence electrons. The van der Waals surface area contributed by atoms with Crippen molar-refractivity contribution in [3.63, 3.8) is 0 Å². The van der Waals surface area contributed by atoms with Crippen molar-refractivity contribution >= 4 is 17.5 Å². The van der Waals surface area contributed by atoms with Crippen molar-refractivity contribution in [1.82, 2.24) is 15.1 Å². The average Bonchev–Trinajstić information content (AvgIpc) is 2.98. The van der Waals surface area contributed by atoms with Crippen LogP contribution in [0.1, 0.15) is 32.9 Å². The molecular weight excluding hydrogens is 362 g/mol. The first-order valence-corrected chi connectivity index (χ1v) is 9.06. The molecule has 1 aromatic heterocycles. The number of benzene rings is 2. The van der Waals surface area contributed by atoms with Gasteiger partial charge in [-0.2, -0.15) is 5.10 Å². The SMILES string of the molecule is Cc1ccc(Cl)c(OCc2ccc(C(=O)NCc3cc(C)n(C)n3)cc2)c1. The summed E-state index contributed by atoms with van der Waals surface area (Å²) in [6.45, 7) is 4.75. The zero-order valence-electron chi connectivity index (χ0n) is 15.6. The Morgan fingerprint density at radius 3 is 2.56 bits per heavy atom. The van der Waals surface area contributed by atoms with E-state index < -0.39 is 0 Å².